The van der Waals surface area contributed by atoms with Crippen LogP contribution in [0, 0.1) is 0 Å². The Morgan fingerprint density at radius 2 is 2.43 bits per heavy atom. The summed E-state index contributed by atoms with van der Waals surface area (Å²) in [5.74, 6) is 0.121. The Bertz CT molecular complexity index is 293. The van der Waals surface area contributed by atoms with Gasteiger partial charge in [0.1, 0.15) is 0 Å². The van der Waals surface area contributed by atoms with Gasteiger partial charge in [0, 0.05) is 31.8 Å². The smallest absolute Gasteiger partial charge is 0.220 e. The van der Waals surface area contributed by atoms with Gasteiger partial charge in [0.05, 0.1) is 6.20 Å². The predicted octanol–water partition coefficient (Wildman–Crippen LogP) is 1.23. The number of aromatic nitrogens is 2. The third-order valence-electron chi connectivity index (χ3n) is 2.01. The van der Waals surface area contributed by atoms with E-state index >= 15 is 0 Å². The first-order valence-corrected chi connectivity index (χ1v) is 4.96. The maximum atomic E-state index is 11.2. The summed E-state index contributed by atoms with van der Waals surface area (Å²) in [6.45, 7) is 2.66. The molecular formula is C10H17N3O. The minimum atomic E-state index is 0.121. The molecule has 0 fully saturated rings. The second kappa shape index (κ2) is 5.42. The number of hydrogen-bond donors (Lipinski definition) is 1. The number of rotatable bonds is 5. The quantitative estimate of drug-likeness (QED) is 0.768. The SMILES string of the molecule is CCCCC(=O)NCc1cnn(C)c1. The zero-order valence-electron chi connectivity index (χ0n) is 8.79. The maximum Gasteiger partial charge on any atom is 0.220 e. The number of hydrogen-bond acceptors (Lipinski definition) is 2. The topological polar surface area (TPSA) is 46.9 Å². The van der Waals surface area contributed by atoms with Crippen LogP contribution in [-0.4, -0.2) is 15.7 Å². The van der Waals surface area contributed by atoms with Gasteiger partial charge in [-0.25, -0.2) is 0 Å². The third kappa shape index (κ3) is 3.60. The molecule has 78 valence electrons. The van der Waals surface area contributed by atoms with E-state index in [-0.39, 0.29) is 5.91 Å². The van der Waals surface area contributed by atoms with Gasteiger partial charge in [-0.1, -0.05) is 13.3 Å². The van der Waals surface area contributed by atoms with E-state index in [1.165, 1.54) is 0 Å². The second-order valence-corrected chi connectivity index (χ2v) is 3.40. The molecule has 0 bridgehead atoms. The molecule has 0 aliphatic heterocycles. The Balaban J connectivity index is 2.23. The number of nitrogens with zero attached hydrogens (tertiary/aromatic N) is 2. The van der Waals surface area contributed by atoms with Crippen LogP contribution in [0.2, 0.25) is 0 Å². The summed E-state index contributed by atoms with van der Waals surface area (Å²) in [4.78, 5) is 11.2. The van der Waals surface area contributed by atoms with Crippen molar-refractivity contribution in [3.05, 3.63) is 18.0 Å². The average molecular weight is 195 g/mol. The maximum absolute atomic E-state index is 11.2. The first kappa shape index (κ1) is 10.8. The molecule has 1 N–H and O–H groups in total. The van der Waals surface area contributed by atoms with Crippen molar-refractivity contribution >= 4 is 5.91 Å². The largest absolute Gasteiger partial charge is 0.352 e. The minimum Gasteiger partial charge on any atom is -0.352 e. The minimum absolute atomic E-state index is 0.121. The lowest BCUT2D eigenvalue weighted by atomic mass is 10.2. The molecule has 0 aliphatic rings. The van der Waals surface area contributed by atoms with E-state index in [2.05, 4.69) is 17.3 Å². The standard InChI is InChI=1S/C10H17N3O/c1-3-4-5-10(14)11-6-9-7-12-13(2)8-9/h7-8H,3-6H2,1-2H3,(H,11,14). The van der Waals surface area contributed by atoms with Gasteiger partial charge in [0.25, 0.3) is 0 Å². The molecule has 0 saturated carbocycles. The Morgan fingerprint density at radius 1 is 1.64 bits per heavy atom. The summed E-state index contributed by atoms with van der Waals surface area (Å²) in [6, 6.07) is 0. The Kier molecular flexibility index (Phi) is 4.16. The molecule has 4 nitrogen and oxygen atoms in total. The summed E-state index contributed by atoms with van der Waals surface area (Å²) in [6.07, 6.45) is 6.30. The van der Waals surface area contributed by atoms with Gasteiger partial charge in [-0.15, -0.1) is 0 Å². The van der Waals surface area contributed by atoms with E-state index in [9.17, 15) is 4.79 Å². The monoisotopic (exact) mass is 195 g/mol. The van der Waals surface area contributed by atoms with Crippen LogP contribution in [0.15, 0.2) is 12.4 Å². The van der Waals surface area contributed by atoms with Crippen molar-refractivity contribution in [2.75, 3.05) is 0 Å². The van der Waals surface area contributed by atoms with Gasteiger partial charge in [-0.2, -0.15) is 5.10 Å². The van der Waals surface area contributed by atoms with E-state index in [4.69, 9.17) is 0 Å². The van der Waals surface area contributed by atoms with Crippen molar-refractivity contribution in [2.45, 2.75) is 32.7 Å². The van der Waals surface area contributed by atoms with Gasteiger partial charge in [-0.3, -0.25) is 9.48 Å². The van der Waals surface area contributed by atoms with Crippen LogP contribution in [0.3, 0.4) is 0 Å². The van der Waals surface area contributed by atoms with Crippen molar-refractivity contribution in [3.63, 3.8) is 0 Å². The fourth-order valence-electron chi connectivity index (χ4n) is 1.19. The number of carbonyl (C=O) groups excluding carboxylic acids is 1. The highest BCUT2D eigenvalue weighted by Gasteiger charge is 2.01. The van der Waals surface area contributed by atoms with E-state index in [1.807, 2.05) is 13.2 Å². The molecule has 14 heavy (non-hydrogen) atoms. The molecule has 0 spiro atoms. The van der Waals surface area contributed by atoms with Crippen molar-refractivity contribution in [1.82, 2.24) is 15.1 Å². The lowest BCUT2D eigenvalue weighted by Crippen LogP contribution is -2.21. The highest BCUT2D eigenvalue weighted by Crippen LogP contribution is 1.97. The summed E-state index contributed by atoms with van der Waals surface area (Å²) in [7, 11) is 1.86. The summed E-state index contributed by atoms with van der Waals surface area (Å²) < 4.78 is 1.73. The van der Waals surface area contributed by atoms with Crippen molar-refractivity contribution in [3.8, 4) is 0 Å². The lowest BCUT2D eigenvalue weighted by Gasteiger charge is -2.01. The third-order valence-corrected chi connectivity index (χ3v) is 2.01. The summed E-state index contributed by atoms with van der Waals surface area (Å²) in [5, 5.41) is 6.88. The van der Waals surface area contributed by atoms with E-state index < -0.39 is 0 Å². The van der Waals surface area contributed by atoms with Crippen LogP contribution in [-0.2, 0) is 18.4 Å². The molecule has 0 radical (unpaired) electrons. The average Bonchev–Trinajstić information content (AvgIpc) is 2.58. The molecule has 0 saturated heterocycles. The number of nitrogens with one attached hydrogen (secondary N) is 1. The molecule has 1 rings (SSSR count). The first-order valence-electron chi connectivity index (χ1n) is 4.96. The van der Waals surface area contributed by atoms with E-state index in [0.717, 1.165) is 18.4 Å². The highest BCUT2D eigenvalue weighted by molar-refractivity contribution is 5.75. The van der Waals surface area contributed by atoms with Gasteiger partial charge in [-0.05, 0) is 6.42 Å². The Labute approximate surface area is 84.3 Å². The molecule has 0 aromatic carbocycles. The zero-order valence-corrected chi connectivity index (χ0v) is 8.79. The number of unbranched alkanes of at least 4 members (excludes halogenated alkanes) is 1. The van der Waals surface area contributed by atoms with Crippen LogP contribution < -0.4 is 5.32 Å². The van der Waals surface area contributed by atoms with E-state index in [0.29, 0.717) is 13.0 Å². The van der Waals surface area contributed by atoms with Crippen molar-refractivity contribution in [1.29, 1.82) is 0 Å². The van der Waals surface area contributed by atoms with Gasteiger partial charge in [0.15, 0.2) is 0 Å². The molecule has 0 unspecified atom stereocenters. The fraction of sp³-hybridized carbons (Fsp3) is 0.600. The number of aryl methyl sites for hydroxylation is 1. The predicted molar refractivity (Wildman–Crippen MR) is 54.6 cm³/mol. The molecule has 1 aromatic heterocycles. The second-order valence-electron chi connectivity index (χ2n) is 3.40. The first-order chi connectivity index (χ1) is 6.72. The van der Waals surface area contributed by atoms with Crippen LogP contribution in [0.5, 0.6) is 0 Å². The summed E-state index contributed by atoms with van der Waals surface area (Å²) in [5.41, 5.74) is 1.04. The molecule has 4 heteroatoms. The zero-order chi connectivity index (χ0) is 10.4. The van der Waals surface area contributed by atoms with Gasteiger partial charge < -0.3 is 5.32 Å². The molecule has 1 aromatic rings. The van der Waals surface area contributed by atoms with E-state index in [1.54, 1.807) is 10.9 Å². The molecule has 1 heterocycles. The molecule has 0 aliphatic carbocycles. The van der Waals surface area contributed by atoms with Crippen LogP contribution in [0.4, 0.5) is 0 Å². The molecular weight excluding hydrogens is 178 g/mol. The van der Waals surface area contributed by atoms with Crippen LogP contribution in [0.1, 0.15) is 31.7 Å². The summed E-state index contributed by atoms with van der Waals surface area (Å²) >= 11 is 0. The highest BCUT2D eigenvalue weighted by atomic mass is 16.1. The Hall–Kier alpha value is -1.32. The molecule has 1 amide bonds. The van der Waals surface area contributed by atoms with Crippen LogP contribution in [0.25, 0.3) is 0 Å². The molecule has 0 atom stereocenters. The van der Waals surface area contributed by atoms with Crippen LogP contribution >= 0.6 is 0 Å². The number of amides is 1. The normalized spacial score (nSPS) is 10.1. The van der Waals surface area contributed by atoms with Gasteiger partial charge >= 0.3 is 0 Å². The Morgan fingerprint density at radius 3 is 3.00 bits per heavy atom. The number of carbonyl (C=O) groups is 1. The fourth-order valence-corrected chi connectivity index (χ4v) is 1.19. The lowest BCUT2D eigenvalue weighted by molar-refractivity contribution is -0.121. The van der Waals surface area contributed by atoms with Crippen molar-refractivity contribution in [2.24, 2.45) is 7.05 Å². The van der Waals surface area contributed by atoms with Crippen molar-refractivity contribution < 1.29 is 4.79 Å². The van der Waals surface area contributed by atoms with Gasteiger partial charge in [0.2, 0.25) is 5.91 Å².